The highest BCUT2D eigenvalue weighted by Gasteiger charge is 2.46. The van der Waals surface area contributed by atoms with Crippen molar-refractivity contribution in [1.29, 1.82) is 0 Å². The topological polar surface area (TPSA) is 83.6 Å². The predicted molar refractivity (Wildman–Crippen MR) is 103 cm³/mol. The van der Waals surface area contributed by atoms with Crippen LogP contribution in [0.25, 0.3) is 0 Å². The lowest BCUT2D eigenvalue weighted by Crippen LogP contribution is -2.32. The number of pyridine rings is 1. The molecular weight excluding hydrogens is 380 g/mol. The molecule has 1 amide bonds. The molecule has 1 N–H and O–H groups in total. The molecule has 0 fully saturated rings. The first-order valence-corrected chi connectivity index (χ1v) is 8.89. The number of hydrogen-bond donors (Lipinski definition) is 1. The quantitative estimate of drug-likeness (QED) is 0.662. The molecule has 3 heterocycles. The largest absolute Gasteiger partial charge is 0.503 e. The van der Waals surface area contributed by atoms with Crippen LogP contribution in [-0.2, 0) is 4.79 Å². The minimum Gasteiger partial charge on any atom is -0.503 e. The molecule has 0 saturated heterocycles. The number of rotatable bonds is 4. The summed E-state index contributed by atoms with van der Waals surface area (Å²) in [7, 11) is 0. The van der Waals surface area contributed by atoms with E-state index in [1.165, 1.54) is 17.2 Å². The summed E-state index contributed by atoms with van der Waals surface area (Å²) in [6, 6.07) is 12.4. The van der Waals surface area contributed by atoms with Crippen molar-refractivity contribution in [3.8, 4) is 0 Å². The molecule has 2 aromatic heterocycles. The maximum absolute atomic E-state index is 13.0. The van der Waals surface area contributed by atoms with Crippen molar-refractivity contribution in [2.45, 2.75) is 13.0 Å². The predicted octanol–water partition coefficient (Wildman–Crippen LogP) is 4.42. The first-order valence-electron chi connectivity index (χ1n) is 8.51. The molecule has 3 aromatic rings. The molecule has 0 saturated carbocycles. The smallest absolute Gasteiger partial charge is 0.294 e. The van der Waals surface area contributed by atoms with Gasteiger partial charge in [-0.1, -0.05) is 23.7 Å². The van der Waals surface area contributed by atoms with Gasteiger partial charge >= 0.3 is 0 Å². The van der Waals surface area contributed by atoms with Crippen molar-refractivity contribution in [3.05, 3.63) is 94.4 Å². The molecule has 1 atom stereocenters. The second-order valence-electron chi connectivity index (χ2n) is 6.28. The Labute approximate surface area is 165 Å². The summed E-state index contributed by atoms with van der Waals surface area (Å²) in [5.41, 5.74) is 1.49. The molecule has 140 valence electrons. The van der Waals surface area contributed by atoms with Gasteiger partial charge in [-0.3, -0.25) is 19.5 Å². The Bertz CT molecular complexity index is 1090. The van der Waals surface area contributed by atoms with E-state index in [0.717, 1.165) is 0 Å². The summed E-state index contributed by atoms with van der Waals surface area (Å²) in [6.07, 6.45) is 2.92. The first-order chi connectivity index (χ1) is 13.5. The molecule has 4 rings (SSSR count). The lowest BCUT2D eigenvalue weighted by molar-refractivity contribution is -0.117. The third-order valence-electron chi connectivity index (χ3n) is 4.66. The zero-order chi connectivity index (χ0) is 19.8. The highest BCUT2D eigenvalue weighted by Crippen LogP contribution is 2.43. The molecule has 0 spiro atoms. The number of nitrogens with zero attached hydrogens (tertiary/aromatic N) is 2. The number of aromatic nitrogens is 1. The highest BCUT2D eigenvalue weighted by atomic mass is 35.5. The summed E-state index contributed by atoms with van der Waals surface area (Å²) in [4.78, 5) is 31.7. The second-order valence-corrected chi connectivity index (χ2v) is 6.69. The standard InChI is InChI=1S/C21H15ClN2O4/c1-12-13(22)6-4-8-15(12)24-18(14-7-2-3-10-23-14)17(20(26)21(24)27)19(25)16-9-5-11-28-16/h2-11,18,26H,1H3. The van der Waals surface area contributed by atoms with Crippen molar-refractivity contribution in [1.82, 2.24) is 4.98 Å². The van der Waals surface area contributed by atoms with Crippen molar-refractivity contribution < 1.29 is 19.1 Å². The summed E-state index contributed by atoms with van der Waals surface area (Å²) >= 11 is 6.24. The van der Waals surface area contributed by atoms with E-state index in [-0.39, 0.29) is 11.3 Å². The van der Waals surface area contributed by atoms with Crippen LogP contribution in [0.5, 0.6) is 0 Å². The van der Waals surface area contributed by atoms with E-state index in [4.69, 9.17) is 16.0 Å². The number of carbonyl (C=O) groups is 2. The van der Waals surface area contributed by atoms with Gasteiger partial charge in [-0.25, -0.2) is 0 Å². The van der Waals surface area contributed by atoms with Crippen LogP contribution >= 0.6 is 11.6 Å². The molecule has 1 aromatic carbocycles. The average molecular weight is 395 g/mol. The molecule has 1 unspecified atom stereocenters. The molecule has 0 radical (unpaired) electrons. The van der Waals surface area contributed by atoms with Crippen molar-refractivity contribution in [2.24, 2.45) is 0 Å². The van der Waals surface area contributed by atoms with E-state index in [2.05, 4.69) is 4.98 Å². The number of anilines is 1. The molecular formula is C21H15ClN2O4. The van der Waals surface area contributed by atoms with Gasteiger partial charge in [0.05, 0.1) is 17.5 Å². The third kappa shape index (κ3) is 2.78. The number of ketones is 1. The first kappa shape index (κ1) is 18.0. The Morgan fingerprint density at radius 1 is 1.18 bits per heavy atom. The number of amides is 1. The van der Waals surface area contributed by atoms with Gasteiger partial charge in [0.2, 0.25) is 5.78 Å². The molecule has 6 nitrogen and oxygen atoms in total. The fourth-order valence-corrected chi connectivity index (χ4v) is 3.47. The van der Waals surface area contributed by atoms with Crippen molar-refractivity contribution >= 4 is 29.0 Å². The van der Waals surface area contributed by atoms with Crippen LogP contribution in [0, 0.1) is 6.92 Å². The van der Waals surface area contributed by atoms with Gasteiger partial charge in [0.25, 0.3) is 5.91 Å². The Morgan fingerprint density at radius 3 is 2.68 bits per heavy atom. The van der Waals surface area contributed by atoms with Crippen LogP contribution < -0.4 is 4.90 Å². The maximum atomic E-state index is 13.0. The number of aliphatic hydroxyl groups is 1. The van der Waals surface area contributed by atoms with Crippen molar-refractivity contribution in [2.75, 3.05) is 4.90 Å². The summed E-state index contributed by atoms with van der Waals surface area (Å²) in [5, 5.41) is 11.1. The van der Waals surface area contributed by atoms with Gasteiger partial charge in [0.15, 0.2) is 11.5 Å². The minimum atomic E-state index is -0.913. The van der Waals surface area contributed by atoms with Gasteiger partial charge in [0.1, 0.15) is 6.04 Å². The summed E-state index contributed by atoms with van der Waals surface area (Å²) < 4.78 is 5.19. The van der Waals surface area contributed by atoms with Crippen LogP contribution in [0.15, 0.2) is 76.7 Å². The van der Waals surface area contributed by atoms with E-state index >= 15 is 0 Å². The zero-order valence-corrected chi connectivity index (χ0v) is 15.6. The van der Waals surface area contributed by atoms with Crippen LogP contribution in [-0.4, -0.2) is 21.8 Å². The van der Waals surface area contributed by atoms with Gasteiger partial charge in [-0.15, -0.1) is 0 Å². The van der Waals surface area contributed by atoms with Crippen LogP contribution in [0.1, 0.15) is 27.9 Å². The monoisotopic (exact) mass is 394 g/mol. The summed E-state index contributed by atoms with van der Waals surface area (Å²) in [6.45, 7) is 1.77. The molecule has 1 aliphatic heterocycles. The fourth-order valence-electron chi connectivity index (χ4n) is 3.30. The average Bonchev–Trinajstić information content (AvgIpc) is 3.32. The molecule has 0 bridgehead atoms. The number of halogens is 1. The molecule has 7 heteroatoms. The van der Waals surface area contributed by atoms with Gasteiger partial charge < -0.3 is 9.52 Å². The Hall–Kier alpha value is -3.38. The minimum absolute atomic E-state index is 0.0277. The number of carbonyl (C=O) groups excluding carboxylic acids is 2. The van der Waals surface area contributed by atoms with Gasteiger partial charge in [-0.05, 0) is 48.9 Å². The summed E-state index contributed by atoms with van der Waals surface area (Å²) in [5.74, 6) is -1.87. The van der Waals surface area contributed by atoms with Gasteiger partial charge in [-0.2, -0.15) is 0 Å². The Balaban J connectivity index is 1.92. The maximum Gasteiger partial charge on any atom is 0.294 e. The van der Waals surface area contributed by atoms with E-state index in [9.17, 15) is 14.7 Å². The lowest BCUT2D eigenvalue weighted by atomic mass is 9.98. The molecule has 0 aliphatic carbocycles. The van der Waals surface area contributed by atoms with Gasteiger partial charge in [0, 0.05) is 16.9 Å². The lowest BCUT2D eigenvalue weighted by Gasteiger charge is -2.27. The number of hydrogen-bond acceptors (Lipinski definition) is 5. The normalized spacial score (nSPS) is 16.7. The van der Waals surface area contributed by atoms with E-state index in [1.54, 1.807) is 55.6 Å². The van der Waals surface area contributed by atoms with Crippen LogP contribution in [0.3, 0.4) is 0 Å². The van der Waals surface area contributed by atoms with E-state index < -0.39 is 23.5 Å². The number of Topliss-reactive ketones (excluding diaryl/α,β-unsaturated/α-hetero) is 1. The van der Waals surface area contributed by atoms with Crippen molar-refractivity contribution in [3.63, 3.8) is 0 Å². The Kier molecular flexibility index (Phi) is 4.49. The van der Waals surface area contributed by atoms with E-state index in [0.29, 0.717) is 22.0 Å². The molecule has 1 aliphatic rings. The molecule has 28 heavy (non-hydrogen) atoms. The number of aliphatic hydroxyl groups excluding tert-OH is 1. The highest BCUT2D eigenvalue weighted by molar-refractivity contribution is 6.32. The fraction of sp³-hybridized carbons (Fsp3) is 0.0952. The number of benzene rings is 1. The zero-order valence-electron chi connectivity index (χ0n) is 14.8. The Morgan fingerprint density at radius 2 is 2.00 bits per heavy atom. The SMILES string of the molecule is Cc1c(Cl)cccc1N1C(=O)C(O)=C(C(=O)c2ccco2)C1c1ccccn1. The van der Waals surface area contributed by atoms with E-state index in [1.807, 2.05) is 0 Å². The third-order valence-corrected chi connectivity index (χ3v) is 5.07. The van der Waals surface area contributed by atoms with Crippen LogP contribution in [0.4, 0.5) is 5.69 Å². The van der Waals surface area contributed by atoms with Crippen LogP contribution in [0.2, 0.25) is 5.02 Å². The second kappa shape index (κ2) is 6.98. The number of furan rings is 1.